The molecule has 94 valence electrons. The van der Waals surface area contributed by atoms with Crippen LogP contribution in [0.1, 0.15) is 20.4 Å². The van der Waals surface area contributed by atoms with E-state index in [1.165, 1.54) is 17.4 Å². The third-order valence-electron chi connectivity index (χ3n) is 2.31. The predicted octanol–water partition coefficient (Wildman–Crippen LogP) is 3.29. The first-order valence-corrected chi connectivity index (χ1v) is 6.00. The summed E-state index contributed by atoms with van der Waals surface area (Å²) in [7, 11) is 0. The Morgan fingerprint density at radius 2 is 1.89 bits per heavy atom. The molecule has 0 saturated heterocycles. The van der Waals surface area contributed by atoms with E-state index in [4.69, 9.17) is 0 Å². The Balaban J connectivity index is 2.30. The molecule has 1 amide bonds. The van der Waals surface area contributed by atoms with Crippen LogP contribution in [-0.2, 0) is 0 Å². The molecule has 3 nitrogen and oxygen atoms in total. The second-order valence-electron chi connectivity index (χ2n) is 3.70. The molecular formula is C12H10F2N2OS. The van der Waals surface area contributed by atoms with Crippen LogP contribution in [0.25, 0.3) is 0 Å². The predicted molar refractivity (Wildman–Crippen MR) is 65.9 cm³/mol. The van der Waals surface area contributed by atoms with Gasteiger partial charge in [-0.2, -0.15) is 0 Å². The highest BCUT2D eigenvalue weighted by Crippen LogP contribution is 2.22. The molecule has 0 radical (unpaired) electrons. The lowest BCUT2D eigenvalue weighted by atomic mass is 10.2. The minimum Gasteiger partial charge on any atom is -0.316 e. The molecule has 0 bridgehead atoms. The number of anilines is 1. The van der Waals surface area contributed by atoms with Crippen LogP contribution >= 0.6 is 11.3 Å². The molecule has 1 aromatic heterocycles. The fourth-order valence-corrected chi connectivity index (χ4v) is 2.34. The van der Waals surface area contributed by atoms with E-state index in [2.05, 4.69) is 10.3 Å². The first-order valence-electron chi connectivity index (χ1n) is 5.18. The number of aryl methyl sites for hydroxylation is 2. The number of hydrogen-bond donors (Lipinski definition) is 1. The van der Waals surface area contributed by atoms with Gasteiger partial charge in [-0.15, -0.1) is 11.3 Å². The maximum Gasteiger partial charge on any atom is 0.267 e. The highest BCUT2D eigenvalue weighted by Gasteiger charge is 2.17. The van der Waals surface area contributed by atoms with E-state index in [1.54, 1.807) is 13.8 Å². The lowest BCUT2D eigenvalue weighted by Crippen LogP contribution is -2.14. The number of aromatic nitrogens is 1. The lowest BCUT2D eigenvalue weighted by molar-refractivity contribution is 0.102. The first-order chi connectivity index (χ1) is 8.49. The van der Waals surface area contributed by atoms with Crippen molar-refractivity contribution in [1.29, 1.82) is 0 Å². The molecule has 0 saturated carbocycles. The van der Waals surface area contributed by atoms with Crippen LogP contribution in [-0.4, -0.2) is 10.9 Å². The molecule has 0 fully saturated rings. The van der Waals surface area contributed by atoms with Crippen molar-refractivity contribution in [3.05, 3.63) is 45.4 Å². The Morgan fingerprint density at radius 1 is 1.28 bits per heavy atom. The molecule has 0 atom stereocenters. The SMILES string of the molecule is Cc1nc(C)c(C(=O)Nc2c(F)cccc2F)s1. The number of carbonyl (C=O) groups is 1. The zero-order valence-corrected chi connectivity index (χ0v) is 10.6. The molecule has 0 aliphatic rings. The number of carbonyl (C=O) groups excluding carboxylic acids is 1. The molecule has 0 aliphatic carbocycles. The van der Waals surface area contributed by atoms with E-state index in [-0.39, 0.29) is 0 Å². The Bertz CT molecular complexity index is 590. The topological polar surface area (TPSA) is 42.0 Å². The maximum atomic E-state index is 13.4. The third-order valence-corrected chi connectivity index (χ3v) is 3.38. The summed E-state index contributed by atoms with van der Waals surface area (Å²) >= 11 is 1.19. The van der Waals surface area contributed by atoms with Gasteiger partial charge in [-0.25, -0.2) is 13.8 Å². The molecule has 6 heteroatoms. The van der Waals surface area contributed by atoms with Gasteiger partial charge in [0, 0.05) is 0 Å². The number of halogens is 2. The van der Waals surface area contributed by atoms with E-state index < -0.39 is 23.2 Å². The van der Waals surface area contributed by atoms with Gasteiger partial charge >= 0.3 is 0 Å². The number of thiazole rings is 1. The van der Waals surface area contributed by atoms with Crippen LogP contribution in [0.15, 0.2) is 18.2 Å². The van der Waals surface area contributed by atoms with Gasteiger partial charge in [0.2, 0.25) is 0 Å². The fraction of sp³-hybridized carbons (Fsp3) is 0.167. The number of hydrogen-bond acceptors (Lipinski definition) is 3. The summed E-state index contributed by atoms with van der Waals surface area (Å²) in [6.45, 7) is 3.44. The Hall–Kier alpha value is -1.82. The van der Waals surface area contributed by atoms with Crippen molar-refractivity contribution in [2.24, 2.45) is 0 Å². The van der Waals surface area contributed by atoms with Gasteiger partial charge in [0.1, 0.15) is 22.2 Å². The largest absolute Gasteiger partial charge is 0.316 e. The van der Waals surface area contributed by atoms with Gasteiger partial charge in [-0.1, -0.05) is 6.07 Å². The van der Waals surface area contributed by atoms with Crippen molar-refractivity contribution < 1.29 is 13.6 Å². The smallest absolute Gasteiger partial charge is 0.267 e. The highest BCUT2D eigenvalue weighted by atomic mass is 32.1. The fourth-order valence-electron chi connectivity index (χ4n) is 1.53. The van der Waals surface area contributed by atoms with E-state index >= 15 is 0 Å². The summed E-state index contributed by atoms with van der Waals surface area (Å²) < 4.78 is 26.7. The van der Waals surface area contributed by atoms with Crippen LogP contribution in [0, 0.1) is 25.5 Å². The maximum absolute atomic E-state index is 13.4. The molecule has 1 aromatic carbocycles. The average molecular weight is 268 g/mol. The van der Waals surface area contributed by atoms with Crippen molar-refractivity contribution in [3.8, 4) is 0 Å². The molecule has 0 aliphatic heterocycles. The van der Waals surface area contributed by atoms with Crippen molar-refractivity contribution in [2.75, 3.05) is 5.32 Å². The zero-order valence-electron chi connectivity index (χ0n) is 9.75. The van der Waals surface area contributed by atoms with Gasteiger partial charge < -0.3 is 5.32 Å². The quantitative estimate of drug-likeness (QED) is 0.908. The van der Waals surface area contributed by atoms with E-state index in [0.717, 1.165) is 17.1 Å². The number of para-hydroxylation sites is 1. The Kier molecular flexibility index (Phi) is 3.38. The molecule has 1 N–H and O–H groups in total. The van der Waals surface area contributed by atoms with Crippen molar-refractivity contribution in [2.45, 2.75) is 13.8 Å². The first kappa shape index (κ1) is 12.6. The minimum atomic E-state index is -0.803. The number of benzene rings is 1. The van der Waals surface area contributed by atoms with Crippen LogP contribution in [0.2, 0.25) is 0 Å². The number of nitrogens with zero attached hydrogens (tertiary/aromatic N) is 1. The summed E-state index contributed by atoms with van der Waals surface area (Å²) in [6.07, 6.45) is 0. The molecular weight excluding hydrogens is 258 g/mol. The zero-order chi connectivity index (χ0) is 13.3. The highest BCUT2D eigenvalue weighted by molar-refractivity contribution is 7.13. The summed E-state index contributed by atoms with van der Waals surface area (Å²) in [6, 6.07) is 3.41. The molecule has 2 rings (SSSR count). The average Bonchev–Trinajstić information content (AvgIpc) is 2.63. The summed E-state index contributed by atoms with van der Waals surface area (Å²) in [5, 5.41) is 2.96. The van der Waals surface area contributed by atoms with Gasteiger partial charge in [-0.05, 0) is 26.0 Å². The second kappa shape index (κ2) is 4.81. The van der Waals surface area contributed by atoms with Gasteiger partial charge in [0.05, 0.1) is 10.7 Å². The third kappa shape index (κ3) is 2.38. The van der Waals surface area contributed by atoms with Crippen LogP contribution < -0.4 is 5.32 Å². The standard InChI is InChI=1S/C12H10F2N2OS/c1-6-11(18-7(2)15-6)12(17)16-10-8(13)4-3-5-9(10)14/h3-5H,1-2H3,(H,16,17). The Labute approximate surface area is 106 Å². The summed E-state index contributed by atoms with van der Waals surface area (Å²) in [5.41, 5.74) is 0.111. The van der Waals surface area contributed by atoms with E-state index in [9.17, 15) is 13.6 Å². The molecule has 0 unspecified atom stereocenters. The lowest BCUT2D eigenvalue weighted by Gasteiger charge is -2.06. The minimum absolute atomic E-state index is 0.357. The van der Waals surface area contributed by atoms with Crippen molar-refractivity contribution in [1.82, 2.24) is 4.98 Å². The van der Waals surface area contributed by atoms with Gasteiger partial charge in [-0.3, -0.25) is 4.79 Å². The van der Waals surface area contributed by atoms with Crippen molar-refractivity contribution >= 4 is 22.9 Å². The number of amides is 1. The summed E-state index contributed by atoms with van der Waals surface area (Å²) in [4.78, 5) is 16.3. The van der Waals surface area contributed by atoms with Gasteiger partial charge in [0.15, 0.2) is 0 Å². The number of nitrogens with one attached hydrogen (secondary N) is 1. The van der Waals surface area contributed by atoms with Crippen LogP contribution in [0.4, 0.5) is 14.5 Å². The Morgan fingerprint density at radius 3 is 2.39 bits per heavy atom. The second-order valence-corrected chi connectivity index (χ2v) is 4.90. The molecule has 18 heavy (non-hydrogen) atoms. The molecule has 0 spiro atoms. The number of rotatable bonds is 2. The summed E-state index contributed by atoms with van der Waals surface area (Å²) in [5.74, 6) is -2.16. The monoisotopic (exact) mass is 268 g/mol. The molecule has 2 aromatic rings. The van der Waals surface area contributed by atoms with Crippen LogP contribution in [0.3, 0.4) is 0 Å². The normalized spacial score (nSPS) is 10.4. The van der Waals surface area contributed by atoms with Crippen molar-refractivity contribution in [3.63, 3.8) is 0 Å². The van der Waals surface area contributed by atoms with E-state index in [0.29, 0.717) is 10.6 Å². The van der Waals surface area contributed by atoms with Crippen LogP contribution in [0.5, 0.6) is 0 Å². The molecule has 1 heterocycles. The van der Waals surface area contributed by atoms with E-state index in [1.807, 2.05) is 0 Å². The van der Waals surface area contributed by atoms with Gasteiger partial charge in [0.25, 0.3) is 5.91 Å².